The van der Waals surface area contributed by atoms with E-state index < -0.39 is 0 Å². The number of nitrogens with zero attached hydrogens (tertiary/aromatic N) is 4. The quantitative estimate of drug-likeness (QED) is 0.164. The van der Waals surface area contributed by atoms with Crippen LogP contribution >= 0.6 is 45.3 Å². The molecule has 1 radical (unpaired) electrons. The van der Waals surface area contributed by atoms with Crippen molar-refractivity contribution in [3.8, 4) is 0 Å². The second kappa shape index (κ2) is 16.5. The Morgan fingerprint density at radius 1 is 0.614 bits per heavy atom. The molecule has 0 saturated heterocycles. The molecular weight excluding hydrogens is 708 g/mol. The number of benzene rings is 2. The number of fused-ring (bicyclic) bond motifs is 2. The zero-order chi connectivity index (χ0) is 29.6. The van der Waals surface area contributed by atoms with Gasteiger partial charge in [-0.05, 0) is 52.0 Å². The summed E-state index contributed by atoms with van der Waals surface area (Å²) in [5, 5.41) is 3.82. The van der Waals surface area contributed by atoms with Crippen LogP contribution in [0.1, 0.15) is 64.6 Å². The second-order valence-corrected chi connectivity index (χ2v) is 13.4. The Hall–Kier alpha value is -2.77. The standard InChI is InChI=1S/2C15H14N2O2S2.ClH.Cu/c2*1-3-19-15(18)14-9(2)16-12(21-14)8-13-17-10-6-4-5-7-11(10)20-13;;/h2*4-7H,3,8H2,1-2H3;1H;/q;;;+2/p-1. The fourth-order valence-electron chi connectivity index (χ4n) is 4.08. The van der Waals surface area contributed by atoms with Crippen LogP contribution in [0.4, 0.5) is 0 Å². The number of esters is 2. The monoisotopic (exact) mass is 734 g/mol. The molecule has 0 aliphatic heterocycles. The first-order chi connectivity index (χ1) is 20.3. The zero-order valence-corrected chi connectivity index (χ0v) is 29.1. The van der Waals surface area contributed by atoms with E-state index in [1.165, 1.54) is 32.1 Å². The zero-order valence-electron chi connectivity index (χ0n) is 24.2. The summed E-state index contributed by atoms with van der Waals surface area (Å²) < 4.78 is 12.4. The molecular formula is C30H28ClCuN4O4S4+. The van der Waals surface area contributed by atoms with Crippen molar-refractivity contribution >= 4 is 77.7 Å². The van der Waals surface area contributed by atoms with Gasteiger partial charge < -0.3 is 21.9 Å². The van der Waals surface area contributed by atoms with Crippen LogP contribution < -0.4 is 12.4 Å². The molecule has 44 heavy (non-hydrogen) atoms. The molecule has 0 fully saturated rings. The van der Waals surface area contributed by atoms with Crippen LogP contribution in [0, 0.1) is 13.8 Å². The van der Waals surface area contributed by atoms with Gasteiger partial charge in [0.2, 0.25) is 0 Å². The minimum absolute atomic E-state index is 0. The van der Waals surface area contributed by atoms with Crippen molar-refractivity contribution in [1.82, 2.24) is 19.9 Å². The van der Waals surface area contributed by atoms with Crippen molar-refractivity contribution in [1.29, 1.82) is 0 Å². The third-order valence-electron chi connectivity index (χ3n) is 5.88. The number of rotatable bonds is 8. The summed E-state index contributed by atoms with van der Waals surface area (Å²) in [4.78, 5) is 42.9. The minimum atomic E-state index is -0.289. The maximum Gasteiger partial charge on any atom is 2.00 e. The van der Waals surface area contributed by atoms with Crippen molar-refractivity contribution in [2.24, 2.45) is 0 Å². The summed E-state index contributed by atoms with van der Waals surface area (Å²) in [6.45, 7) is 8.04. The molecule has 0 aliphatic carbocycles. The van der Waals surface area contributed by atoms with Gasteiger partial charge in [0.25, 0.3) is 0 Å². The van der Waals surface area contributed by atoms with Gasteiger partial charge in [-0.25, -0.2) is 29.5 Å². The molecule has 2 aromatic carbocycles. The summed E-state index contributed by atoms with van der Waals surface area (Å²) >= 11 is 6.12. The Morgan fingerprint density at radius 3 is 1.34 bits per heavy atom. The van der Waals surface area contributed by atoms with E-state index in [1.807, 2.05) is 50.2 Å². The molecule has 0 aliphatic rings. The van der Waals surface area contributed by atoms with E-state index in [0.717, 1.165) is 42.5 Å². The van der Waals surface area contributed by atoms with Gasteiger partial charge in [0.1, 0.15) is 29.8 Å². The van der Waals surface area contributed by atoms with Gasteiger partial charge in [-0.2, -0.15) is 0 Å². The number of ether oxygens (including phenoxy) is 2. The number of hydrogen-bond acceptors (Lipinski definition) is 12. The fraction of sp³-hybridized carbons (Fsp3) is 0.267. The molecule has 6 aromatic rings. The van der Waals surface area contributed by atoms with Crippen LogP contribution in [-0.2, 0) is 39.4 Å². The van der Waals surface area contributed by atoms with Crippen molar-refractivity contribution in [2.75, 3.05) is 13.2 Å². The van der Waals surface area contributed by atoms with Crippen molar-refractivity contribution < 1.29 is 48.5 Å². The fourth-order valence-corrected chi connectivity index (χ4v) is 8.13. The molecule has 0 saturated carbocycles. The first-order valence-corrected chi connectivity index (χ1v) is 16.6. The number of aryl methyl sites for hydroxylation is 2. The van der Waals surface area contributed by atoms with Crippen LogP contribution in [0.2, 0.25) is 0 Å². The third-order valence-corrected chi connectivity index (χ3v) is 10.2. The maximum atomic E-state index is 11.8. The molecule has 0 unspecified atom stereocenters. The van der Waals surface area contributed by atoms with Gasteiger partial charge in [-0.15, -0.1) is 45.3 Å². The number of para-hydroxylation sites is 2. The molecule has 14 heteroatoms. The number of aromatic nitrogens is 4. The van der Waals surface area contributed by atoms with Gasteiger partial charge in [-0.1, -0.05) is 24.3 Å². The van der Waals surface area contributed by atoms with Crippen molar-refractivity contribution in [3.63, 3.8) is 0 Å². The van der Waals surface area contributed by atoms with E-state index in [9.17, 15) is 9.59 Å². The number of halogens is 1. The van der Waals surface area contributed by atoms with Crippen LogP contribution in [0.25, 0.3) is 20.4 Å². The third kappa shape index (κ3) is 8.69. The predicted molar refractivity (Wildman–Crippen MR) is 170 cm³/mol. The SMILES string of the molecule is CCOC(=O)c1sc(Cc2nc3ccccc3s2)nc1C.CCOC(=O)c1sc(Cc2nc3ccccc3s2)nc1C.[Cl-].[Cu+2]. The molecule has 4 heterocycles. The van der Waals surface area contributed by atoms with Gasteiger partial charge in [0, 0.05) is 0 Å². The summed E-state index contributed by atoms with van der Waals surface area (Å²) in [7, 11) is 0. The Morgan fingerprint density at radius 2 is 0.977 bits per heavy atom. The minimum Gasteiger partial charge on any atom is -1.00 e. The van der Waals surface area contributed by atoms with Gasteiger partial charge >= 0.3 is 29.0 Å². The topological polar surface area (TPSA) is 104 Å². The maximum absolute atomic E-state index is 11.8. The molecule has 4 aromatic heterocycles. The molecule has 6 rings (SSSR count). The van der Waals surface area contributed by atoms with Crippen molar-refractivity contribution in [2.45, 2.75) is 40.5 Å². The smallest absolute Gasteiger partial charge is 1.00 e. The van der Waals surface area contributed by atoms with Gasteiger partial charge in [0.05, 0.1) is 57.9 Å². The van der Waals surface area contributed by atoms with E-state index in [-0.39, 0.29) is 41.4 Å². The summed E-state index contributed by atoms with van der Waals surface area (Å²) in [5.41, 5.74) is 3.48. The van der Waals surface area contributed by atoms with Crippen LogP contribution in [0.3, 0.4) is 0 Å². The molecule has 8 nitrogen and oxygen atoms in total. The Balaban J connectivity index is 0.000000230. The first-order valence-electron chi connectivity index (χ1n) is 13.3. The summed E-state index contributed by atoms with van der Waals surface area (Å²) in [5.74, 6) is -0.578. The van der Waals surface area contributed by atoms with E-state index in [4.69, 9.17) is 9.47 Å². The van der Waals surface area contributed by atoms with Crippen LogP contribution in [-0.4, -0.2) is 45.1 Å². The van der Waals surface area contributed by atoms with E-state index in [0.29, 0.717) is 35.8 Å². The van der Waals surface area contributed by atoms with Crippen LogP contribution in [0.5, 0.6) is 0 Å². The predicted octanol–water partition coefficient (Wildman–Crippen LogP) is 4.66. The molecule has 0 atom stereocenters. The van der Waals surface area contributed by atoms with Crippen LogP contribution in [0.15, 0.2) is 48.5 Å². The van der Waals surface area contributed by atoms with E-state index in [1.54, 1.807) is 36.5 Å². The second-order valence-electron chi connectivity index (χ2n) is 8.99. The summed E-state index contributed by atoms with van der Waals surface area (Å²) in [6.07, 6.45) is 1.31. The number of carbonyl (C=O) groups is 2. The molecule has 0 spiro atoms. The average Bonchev–Trinajstić information content (AvgIpc) is 3.74. The Bertz CT molecular complexity index is 1670. The average molecular weight is 736 g/mol. The van der Waals surface area contributed by atoms with E-state index >= 15 is 0 Å². The number of thiazole rings is 4. The molecule has 0 N–H and O–H groups in total. The normalized spacial score (nSPS) is 10.5. The molecule has 233 valence electrons. The molecule has 0 bridgehead atoms. The Labute approximate surface area is 287 Å². The Kier molecular flexibility index (Phi) is 13.4. The van der Waals surface area contributed by atoms with Crippen molar-refractivity contribution in [3.05, 3.63) is 89.7 Å². The van der Waals surface area contributed by atoms with Gasteiger partial charge in [0.15, 0.2) is 0 Å². The summed E-state index contributed by atoms with van der Waals surface area (Å²) in [6, 6.07) is 16.1. The first kappa shape index (κ1) is 35.7. The largest absolute Gasteiger partial charge is 2.00 e. The molecule has 0 amide bonds. The number of carbonyl (C=O) groups excluding carboxylic acids is 2. The van der Waals surface area contributed by atoms with Gasteiger partial charge in [-0.3, -0.25) is 0 Å². The number of hydrogen-bond donors (Lipinski definition) is 0. The van der Waals surface area contributed by atoms with E-state index in [2.05, 4.69) is 32.1 Å².